The lowest BCUT2D eigenvalue weighted by Crippen LogP contribution is -2.11. The van der Waals surface area contributed by atoms with Crippen molar-refractivity contribution in [3.8, 4) is 0 Å². The zero-order valence-electron chi connectivity index (χ0n) is 9.71. The summed E-state index contributed by atoms with van der Waals surface area (Å²) in [4.78, 5) is 11.9. The van der Waals surface area contributed by atoms with E-state index in [2.05, 4.69) is 27.4 Å². The molecule has 0 aliphatic carbocycles. The highest BCUT2D eigenvalue weighted by Gasteiger charge is 2.17. The molecule has 1 nitrogen and oxygen atoms in total. The van der Waals surface area contributed by atoms with Gasteiger partial charge in [-0.1, -0.05) is 57.7 Å². The van der Waals surface area contributed by atoms with Gasteiger partial charge in [0.2, 0.25) is 0 Å². The third kappa shape index (κ3) is 3.70. The highest BCUT2D eigenvalue weighted by Crippen LogP contribution is 2.24. The first-order valence-electron chi connectivity index (χ1n) is 5.18. The molecule has 0 atom stereocenters. The molecule has 80 valence electrons. The van der Waals surface area contributed by atoms with Crippen LogP contribution < -0.4 is 0 Å². The van der Waals surface area contributed by atoms with Crippen molar-refractivity contribution in [2.24, 2.45) is 5.41 Å². The molecule has 0 saturated carbocycles. The van der Waals surface area contributed by atoms with Gasteiger partial charge in [0.1, 0.15) is 0 Å². The van der Waals surface area contributed by atoms with Gasteiger partial charge in [-0.15, -0.1) is 0 Å². The van der Waals surface area contributed by atoms with Crippen molar-refractivity contribution in [2.45, 2.75) is 27.2 Å². The summed E-state index contributed by atoms with van der Waals surface area (Å²) in [7, 11) is 0. The van der Waals surface area contributed by atoms with Gasteiger partial charge >= 0.3 is 0 Å². The van der Waals surface area contributed by atoms with Crippen LogP contribution in [0.25, 0.3) is 0 Å². The van der Waals surface area contributed by atoms with Crippen LogP contribution in [0.4, 0.5) is 0 Å². The molecule has 0 heterocycles. The lowest BCUT2D eigenvalue weighted by molar-refractivity contribution is 0.102. The molecule has 1 heteroatoms. The van der Waals surface area contributed by atoms with Crippen LogP contribution in [-0.2, 0) is 0 Å². The van der Waals surface area contributed by atoms with Gasteiger partial charge in [0, 0.05) is 5.56 Å². The Balaban J connectivity index is 2.75. The molecular formula is C14H18O. The van der Waals surface area contributed by atoms with Crippen LogP contribution in [0.2, 0.25) is 0 Å². The Hall–Kier alpha value is -1.37. The molecule has 0 bridgehead atoms. The lowest BCUT2D eigenvalue weighted by Gasteiger charge is -2.18. The van der Waals surface area contributed by atoms with E-state index in [4.69, 9.17) is 0 Å². The van der Waals surface area contributed by atoms with Crippen molar-refractivity contribution in [2.75, 3.05) is 0 Å². The molecule has 0 aliphatic heterocycles. The minimum Gasteiger partial charge on any atom is -0.289 e. The van der Waals surface area contributed by atoms with Crippen molar-refractivity contribution >= 4 is 5.78 Å². The molecule has 0 aromatic heterocycles. The number of hydrogen-bond acceptors (Lipinski definition) is 1. The Morgan fingerprint density at radius 2 is 1.73 bits per heavy atom. The van der Waals surface area contributed by atoms with Crippen molar-refractivity contribution in [3.05, 3.63) is 48.0 Å². The average molecular weight is 202 g/mol. The van der Waals surface area contributed by atoms with Crippen LogP contribution in [0.5, 0.6) is 0 Å². The van der Waals surface area contributed by atoms with E-state index in [1.165, 1.54) is 0 Å². The molecule has 0 unspecified atom stereocenters. The number of ketones is 1. The number of carbonyl (C=O) groups is 1. The second-order valence-electron chi connectivity index (χ2n) is 5.04. The lowest BCUT2D eigenvalue weighted by atomic mass is 9.86. The molecule has 1 aromatic rings. The number of Topliss-reactive ketones (excluding diaryl/α,β-unsaturated/α-hetero) is 1. The molecule has 0 amide bonds. The number of allylic oxidation sites excluding steroid dienone is 1. The van der Waals surface area contributed by atoms with Gasteiger partial charge < -0.3 is 0 Å². The molecule has 15 heavy (non-hydrogen) atoms. The minimum atomic E-state index is 0.0607. The third-order valence-electron chi connectivity index (χ3n) is 2.10. The predicted molar refractivity (Wildman–Crippen MR) is 64.0 cm³/mol. The zero-order valence-corrected chi connectivity index (χ0v) is 9.71. The van der Waals surface area contributed by atoms with Crippen molar-refractivity contribution in [1.82, 2.24) is 0 Å². The SMILES string of the molecule is C=C(CC(C)(C)C)C(=O)c1ccccc1. The summed E-state index contributed by atoms with van der Waals surface area (Å²) in [5.41, 5.74) is 1.53. The van der Waals surface area contributed by atoms with E-state index in [-0.39, 0.29) is 11.2 Å². The zero-order chi connectivity index (χ0) is 11.5. The van der Waals surface area contributed by atoms with E-state index in [0.29, 0.717) is 5.57 Å². The van der Waals surface area contributed by atoms with Crippen molar-refractivity contribution in [3.63, 3.8) is 0 Å². The fraction of sp³-hybridized carbons (Fsp3) is 0.357. The van der Waals surface area contributed by atoms with Crippen LogP contribution in [0.15, 0.2) is 42.5 Å². The van der Waals surface area contributed by atoms with E-state index in [9.17, 15) is 4.79 Å². The van der Waals surface area contributed by atoms with E-state index in [0.717, 1.165) is 12.0 Å². The van der Waals surface area contributed by atoms with Crippen molar-refractivity contribution < 1.29 is 4.79 Å². The Kier molecular flexibility index (Phi) is 3.46. The summed E-state index contributed by atoms with van der Waals surface area (Å²) in [6.07, 6.45) is 0.737. The summed E-state index contributed by atoms with van der Waals surface area (Å²) >= 11 is 0. The maximum Gasteiger partial charge on any atom is 0.188 e. The molecule has 0 saturated heterocycles. The van der Waals surface area contributed by atoms with Crippen LogP contribution in [0.3, 0.4) is 0 Å². The van der Waals surface area contributed by atoms with Crippen LogP contribution in [0, 0.1) is 5.41 Å². The molecule has 1 rings (SSSR count). The molecule has 0 spiro atoms. The van der Waals surface area contributed by atoms with Crippen LogP contribution in [0.1, 0.15) is 37.6 Å². The summed E-state index contributed by atoms with van der Waals surface area (Å²) in [6, 6.07) is 9.31. The summed E-state index contributed by atoms with van der Waals surface area (Å²) < 4.78 is 0. The third-order valence-corrected chi connectivity index (χ3v) is 2.10. The monoisotopic (exact) mass is 202 g/mol. The maximum atomic E-state index is 11.9. The predicted octanol–water partition coefficient (Wildman–Crippen LogP) is 3.86. The van der Waals surface area contributed by atoms with E-state index >= 15 is 0 Å². The second kappa shape index (κ2) is 4.43. The Morgan fingerprint density at radius 1 is 1.20 bits per heavy atom. The second-order valence-corrected chi connectivity index (χ2v) is 5.04. The first kappa shape index (κ1) is 11.7. The molecule has 0 N–H and O–H groups in total. The van der Waals surface area contributed by atoms with Crippen LogP contribution >= 0.6 is 0 Å². The molecule has 0 radical (unpaired) electrons. The van der Waals surface area contributed by atoms with Gasteiger partial charge in [-0.05, 0) is 17.4 Å². The van der Waals surface area contributed by atoms with Crippen LogP contribution in [-0.4, -0.2) is 5.78 Å². The number of benzene rings is 1. The average Bonchev–Trinajstić information content (AvgIpc) is 2.15. The van der Waals surface area contributed by atoms with Gasteiger partial charge in [0.25, 0.3) is 0 Å². The topological polar surface area (TPSA) is 17.1 Å². The largest absolute Gasteiger partial charge is 0.289 e. The minimum absolute atomic E-state index is 0.0607. The fourth-order valence-corrected chi connectivity index (χ4v) is 1.51. The van der Waals surface area contributed by atoms with Gasteiger partial charge in [-0.25, -0.2) is 0 Å². The fourth-order valence-electron chi connectivity index (χ4n) is 1.51. The number of carbonyl (C=O) groups excluding carboxylic acids is 1. The normalized spacial score (nSPS) is 11.1. The Labute approximate surface area is 91.8 Å². The summed E-state index contributed by atoms with van der Waals surface area (Å²) in [5.74, 6) is 0.0607. The van der Waals surface area contributed by atoms with Gasteiger partial charge in [-0.3, -0.25) is 4.79 Å². The first-order chi connectivity index (χ1) is 6.90. The standard InChI is InChI=1S/C14H18O/c1-11(10-14(2,3)4)13(15)12-8-6-5-7-9-12/h5-9H,1,10H2,2-4H3. The number of rotatable bonds is 3. The van der Waals surface area contributed by atoms with Gasteiger partial charge in [0.15, 0.2) is 5.78 Å². The maximum absolute atomic E-state index is 11.9. The van der Waals surface area contributed by atoms with E-state index in [1.54, 1.807) is 0 Å². The highest BCUT2D eigenvalue weighted by atomic mass is 16.1. The van der Waals surface area contributed by atoms with E-state index < -0.39 is 0 Å². The summed E-state index contributed by atoms with van der Waals surface area (Å²) in [6.45, 7) is 10.2. The molecular weight excluding hydrogens is 184 g/mol. The molecule has 1 aromatic carbocycles. The Morgan fingerprint density at radius 3 is 2.20 bits per heavy atom. The number of hydrogen-bond donors (Lipinski definition) is 0. The van der Waals surface area contributed by atoms with E-state index in [1.807, 2.05) is 30.3 Å². The molecule has 0 aliphatic rings. The smallest absolute Gasteiger partial charge is 0.188 e. The van der Waals surface area contributed by atoms with Gasteiger partial charge in [-0.2, -0.15) is 0 Å². The quantitative estimate of drug-likeness (QED) is 0.537. The Bertz CT molecular complexity index is 355. The first-order valence-corrected chi connectivity index (χ1v) is 5.18. The van der Waals surface area contributed by atoms with Gasteiger partial charge in [0.05, 0.1) is 0 Å². The molecule has 0 fully saturated rings. The van der Waals surface area contributed by atoms with Crippen molar-refractivity contribution in [1.29, 1.82) is 0 Å². The summed E-state index contributed by atoms with van der Waals surface area (Å²) in [5, 5.41) is 0. The highest BCUT2D eigenvalue weighted by molar-refractivity contribution is 6.08.